The summed E-state index contributed by atoms with van der Waals surface area (Å²) in [5.74, 6) is 3.28. The molecule has 0 saturated carbocycles. The molecule has 0 bridgehead atoms. The number of hydrogen-bond donors (Lipinski definition) is 1. The molecule has 1 aromatic rings. The molecular formula is C19H26F3N7O3. The quantitative estimate of drug-likeness (QED) is 0.619. The number of hydroxylamine groups is 1. The zero-order chi connectivity index (χ0) is 23.6. The van der Waals surface area contributed by atoms with Gasteiger partial charge in [-0.05, 0) is 13.8 Å². The van der Waals surface area contributed by atoms with Crippen LogP contribution in [-0.2, 0) is 16.7 Å². The number of aromatic nitrogens is 2. The average Bonchev–Trinajstić information content (AvgIpc) is 3.07. The molecule has 0 amide bonds. The van der Waals surface area contributed by atoms with E-state index in [0.29, 0.717) is 32.7 Å². The van der Waals surface area contributed by atoms with Crippen LogP contribution in [0.15, 0.2) is 4.79 Å². The van der Waals surface area contributed by atoms with Crippen molar-refractivity contribution in [2.45, 2.75) is 26.3 Å². The number of anilines is 3. The molecule has 0 spiro atoms. The van der Waals surface area contributed by atoms with E-state index >= 15 is 0 Å². The molecule has 1 aromatic heterocycles. The molecule has 2 aliphatic heterocycles. The normalized spacial score (nSPS) is 18.8. The number of alkyl halides is 3. The summed E-state index contributed by atoms with van der Waals surface area (Å²) >= 11 is 0. The fraction of sp³-hybridized carbons (Fsp3) is 0.632. The minimum absolute atomic E-state index is 0.0296. The van der Waals surface area contributed by atoms with E-state index < -0.39 is 24.0 Å². The minimum atomic E-state index is -5.21. The number of nitrogens with zero attached hydrogens (tertiary/aromatic N) is 6. The van der Waals surface area contributed by atoms with Crippen molar-refractivity contribution < 1.29 is 22.8 Å². The Bertz CT molecular complexity index is 979. The van der Waals surface area contributed by atoms with Crippen LogP contribution in [0.4, 0.5) is 30.6 Å². The van der Waals surface area contributed by atoms with Crippen LogP contribution in [0.3, 0.4) is 0 Å². The van der Waals surface area contributed by atoms with Crippen molar-refractivity contribution in [2.75, 3.05) is 61.2 Å². The highest BCUT2D eigenvalue weighted by Gasteiger charge is 2.50. The monoisotopic (exact) mass is 457 g/mol. The van der Waals surface area contributed by atoms with Crippen molar-refractivity contribution in [3.8, 4) is 11.8 Å². The zero-order valence-electron chi connectivity index (χ0n) is 18.4. The number of carbonyl (C=O) groups is 1. The lowest BCUT2D eigenvalue weighted by molar-refractivity contribution is -0.203. The van der Waals surface area contributed by atoms with Gasteiger partial charge in [-0.15, -0.1) is 11.0 Å². The first-order chi connectivity index (χ1) is 15.1. The average molecular weight is 457 g/mol. The van der Waals surface area contributed by atoms with E-state index in [2.05, 4.69) is 22.1 Å². The van der Waals surface area contributed by atoms with Crippen LogP contribution < -0.4 is 25.7 Å². The lowest BCUT2D eigenvalue weighted by Crippen LogP contribution is -2.61. The Labute approximate surface area is 183 Å². The number of rotatable bonds is 5. The van der Waals surface area contributed by atoms with E-state index in [4.69, 9.17) is 4.84 Å². The Hall–Kier alpha value is -2.98. The maximum Gasteiger partial charge on any atom is 0.493 e. The van der Waals surface area contributed by atoms with Gasteiger partial charge in [-0.3, -0.25) is 14.3 Å². The van der Waals surface area contributed by atoms with Gasteiger partial charge in [-0.2, -0.15) is 18.2 Å². The number of piperazine rings is 1. The van der Waals surface area contributed by atoms with Gasteiger partial charge in [0.25, 0.3) is 5.56 Å². The molecule has 1 saturated heterocycles. The van der Waals surface area contributed by atoms with Gasteiger partial charge in [0.15, 0.2) is 12.0 Å². The lowest BCUT2D eigenvalue weighted by Gasteiger charge is -2.40. The van der Waals surface area contributed by atoms with Gasteiger partial charge in [0.1, 0.15) is 0 Å². The van der Waals surface area contributed by atoms with Gasteiger partial charge in [0, 0.05) is 46.8 Å². The van der Waals surface area contributed by atoms with Crippen molar-refractivity contribution in [2.24, 2.45) is 7.05 Å². The van der Waals surface area contributed by atoms with Crippen LogP contribution in [0.25, 0.3) is 0 Å². The van der Waals surface area contributed by atoms with Gasteiger partial charge in [-0.25, -0.2) is 4.79 Å². The van der Waals surface area contributed by atoms with Crippen LogP contribution in [0, 0.1) is 11.8 Å². The molecule has 10 nitrogen and oxygen atoms in total. The van der Waals surface area contributed by atoms with E-state index in [0.717, 1.165) is 5.06 Å². The summed E-state index contributed by atoms with van der Waals surface area (Å²) in [6.45, 7) is 6.06. The smallest absolute Gasteiger partial charge is 0.345 e. The molecule has 1 N–H and O–H groups in total. The molecule has 0 aliphatic carbocycles. The van der Waals surface area contributed by atoms with Gasteiger partial charge >= 0.3 is 12.1 Å². The predicted molar refractivity (Wildman–Crippen MR) is 112 cm³/mol. The molecule has 176 valence electrons. The maximum atomic E-state index is 13.3. The SMILES string of the molecule is CC#CCN1c2c(nc(N(C)CC)n(C)c2=O)N(OC(=O)C(F)(F)F)C1N1CCNCC1. The number of nitrogens with one attached hydrogen (secondary N) is 1. The summed E-state index contributed by atoms with van der Waals surface area (Å²) in [4.78, 5) is 39.4. The van der Waals surface area contributed by atoms with E-state index in [1.807, 2.05) is 11.8 Å². The Kier molecular flexibility index (Phi) is 6.85. The van der Waals surface area contributed by atoms with E-state index in [1.165, 1.54) is 16.5 Å². The fourth-order valence-electron chi connectivity index (χ4n) is 3.62. The van der Waals surface area contributed by atoms with Gasteiger partial charge < -0.3 is 20.0 Å². The lowest BCUT2D eigenvalue weighted by atomic mass is 10.3. The standard InChI is InChI=1S/C19H26F3N7O3/c1-5-7-10-28-13-14(24-17(25(3)6-2)26(4)15(13)30)29(32-16(31)19(20,21)22)18(28)27-11-8-23-9-12-27/h18,23H,6,8-12H2,1-4H3. The first kappa shape index (κ1) is 23.7. The van der Waals surface area contributed by atoms with Crippen LogP contribution >= 0.6 is 0 Å². The van der Waals surface area contributed by atoms with Crippen molar-refractivity contribution in [1.29, 1.82) is 0 Å². The summed E-state index contributed by atoms with van der Waals surface area (Å²) < 4.78 is 40.6. The second-order valence-corrected chi connectivity index (χ2v) is 7.35. The zero-order valence-corrected chi connectivity index (χ0v) is 18.4. The van der Waals surface area contributed by atoms with Crippen molar-refractivity contribution >= 4 is 23.4 Å². The van der Waals surface area contributed by atoms with Crippen LogP contribution in [0.2, 0.25) is 0 Å². The van der Waals surface area contributed by atoms with Crippen LogP contribution in [0.1, 0.15) is 13.8 Å². The Balaban J connectivity index is 2.20. The Morgan fingerprint density at radius 3 is 2.56 bits per heavy atom. The summed E-state index contributed by atoms with van der Waals surface area (Å²) in [5, 5.41) is 3.96. The van der Waals surface area contributed by atoms with Crippen LogP contribution in [-0.4, -0.2) is 79.2 Å². The fourth-order valence-corrected chi connectivity index (χ4v) is 3.62. The molecule has 2 aliphatic rings. The molecule has 1 atom stereocenters. The van der Waals surface area contributed by atoms with E-state index in [9.17, 15) is 22.8 Å². The number of fused-ring (bicyclic) bond motifs is 1. The van der Waals surface area contributed by atoms with Gasteiger partial charge in [0.2, 0.25) is 11.8 Å². The van der Waals surface area contributed by atoms with E-state index in [1.54, 1.807) is 18.9 Å². The molecule has 0 radical (unpaired) electrons. The Morgan fingerprint density at radius 2 is 2.00 bits per heavy atom. The molecule has 3 rings (SSSR count). The third-order valence-corrected chi connectivity index (χ3v) is 5.34. The van der Waals surface area contributed by atoms with Gasteiger partial charge in [-0.1, -0.05) is 5.92 Å². The highest BCUT2D eigenvalue weighted by molar-refractivity contribution is 5.80. The molecule has 1 fully saturated rings. The topological polar surface area (TPSA) is 86.2 Å². The predicted octanol–water partition coefficient (Wildman–Crippen LogP) is 0.0954. The molecular weight excluding hydrogens is 431 g/mol. The number of halogens is 3. The molecule has 32 heavy (non-hydrogen) atoms. The second kappa shape index (κ2) is 9.25. The summed E-state index contributed by atoms with van der Waals surface area (Å²) in [5.41, 5.74) is -0.448. The number of carbonyl (C=O) groups excluding carboxylic acids is 1. The summed E-state index contributed by atoms with van der Waals surface area (Å²) in [7, 11) is 3.23. The highest BCUT2D eigenvalue weighted by atomic mass is 19.4. The van der Waals surface area contributed by atoms with Crippen molar-refractivity contribution in [3.05, 3.63) is 10.4 Å². The van der Waals surface area contributed by atoms with Crippen molar-refractivity contribution in [1.82, 2.24) is 19.8 Å². The second-order valence-electron chi connectivity index (χ2n) is 7.35. The Morgan fingerprint density at radius 1 is 1.34 bits per heavy atom. The van der Waals surface area contributed by atoms with E-state index in [-0.39, 0.29) is 24.0 Å². The maximum absolute atomic E-state index is 13.3. The molecule has 3 heterocycles. The largest absolute Gasteiger partial charge is 0.493 e. The molecule has 13 heteroatoms. The highest BCUT2D eigenvalue weighted by Crippen LogP contribution is 2.38. The summed E-state index contributed by atoms with van der Waals surface area (Å²) in [6, 6.07) is 0. The number of hydrogen-bond acceptors (Lipinski definition) is 9. The minimum Gasteiger partial charge on any atom is -0.345 e. The molecule has 1 unspecified atom stereocenters. The first-order valence-corrected chi connectivity index (χ1v) is 10.1. The molecule has 0 aromatic carbocycles. The van der Waals surface area contributed by atoms with Gasteiger partial charge in [0.05, 0.1) is 6.54 Å². The van der Waals surface area contributed by atoms with Crippen LogP contribution in [0.5, 0.6) is 0 Å². The third-order valence-electron chi connectivity index (χ3n) is 5.34. The summed E-state index contributed by atoms with van der Waals surface area (Å²) in [6.07, 6.45) is -6.21. The third kappa shape index (κ3) is 4.33. The first-order valence-electron chi connectivity index (χ1n) is 10.1. The van der Waals surface area contributed by atoms with Crippen molar-refractivity contribution in [3.63, 3.8) is 0 Å².